The van der Waals surface area contributed by atoms with Gasteiger partial charge in [-0.25, -0.2) is 8.78 Å². The van der Waals surface area contributed by atoms with Gasteiger partial charge in [-0.2, -0.15) is 0 Å². The summed E-state index contributed by atoms with van der Waals surface area (Å²) in [4.78, 5) is 10.8. The molecule has 31 heavy (non-hydrogen) atoms. The molecule has 1 aromatic rings. The van der Waals surface area contributed by atoms with Crippen LogP contribution in [-0.4, -0.2) is 25.3 Å². The normalized spacial score (nSPS) is 26.6. The average molecular weight is 437 g/mol. The lowest BCUT2D eigenvalue weighted by Crippen LogP contribution is -2.28. The molecule has 0 saturated heterocycles. The van der Waals surface area contributed by atoms with Crippen molar-refractivity contribution in [2.75, 3.05) is 13.2 Å². The first-order chi connectivity index (χ1) is 15.0. The van der Waals surface area contributed by atoms with Gasteiger partial charge in [0, 0.05) is 18.9 Å². The molecule has 2 saturated carbocycles. The lowest BCUT2D eigenvalue weighted by atomic mass is 9.69. The van der Waals surface area contributed by atoms with E-state index < -0.39 is 0 Å². The molecule has 0 unspecified atom stereocenters. The molecular weight excluding hydrogens is 398 g/mol. The highest BCUT2D eigenvalue weighted by molar-refractivity contribution is 5.65. The molecule has 0 heterocycles. The van der Waals surface area contributed by atoms with Crippen LogP contribution in [0.4, 0.5) is 8.78 Å². The highest BCUT2D eigenvalue weighted by Gasteiger charge is 2.32. The standard InChI is InChI=1S/C26H38F2O3/c1-3-5-24-25(27)16-22(17-26(24)28)21-8-6-19(7-9-21)20-10-12-23(13-11-20)31-15-4-14-30-18(2)29/h16-17,19-21,23H,3-15H2,1-2H3. The van der Waals surface area contributed by atoms with E-state index in [0.29, 0.717) is 25.7 Å². The third kappa shape index (κ3) is 7.00. The van der Waals surface area contributed by atoms with E-state index in [1.54, 1.807) is 12.1 Å². The summed E-state index contributed by atoms with van der Waals surface area (Å²) in [6.07, 6.45) is 11.3. The van der Waals surface area contributed by atoms with Crippen molar-refractivity contribution in [1.29, 1.82) is 0 Å². The topological polar surface area (TPSA) is 35.5 Å². The molecule has 0 aromatic heterocycles. The smallest absolute Gasteiger partial charge is 0.302 e. The maximum absolute atomic E-state index is 14.4. The minimum Gasteiger partial charge on any atom is -0.466 e. The van der Waals surface area contributed by atoms with Crippen LogP contribution in [0.25, 0.3) is 0 Å². The van der Waals surface area contributed by atoms with Gasteiger partial charge in [0.1, 0.15) is 11.6 Å². The molecule has 2 fully saturated rings. The van der Waals surface area contributed by atoms with Gasteiger partial charge >= 0.3 is 5.97 Å². The molecule has 0 amide bonds. The van der Waals surface area contributed by atoms with Gasteiger partial charge < -0.3 is 9.47 Å². The second kappa shape index (κ2) is 11.9. The predicted molar refractivity (Wildman–Crippen MR) is 118 cm³/mol. The highest BCUT2D eigenvalue weighted by Crippen LogP contribution is 2.43. The summed E-state index contributed by atoms with van der Waals surface area (Å²) in [5.41, 5.74) is 1.09. The Kier molecular flexibility index (Phi) is 9.30. The van der Waals surface area contributed by atoms with E-state index in [1.165, 1.54) is 19.8 Å². The van der Waals surface area contributed by atoms with Crippen molar-refractivity contribution in [2.45, 2.75) is 96.5 Å². The van der Waals surface area contributed by atoms with E-state index in [9.17, 15) is 13.6 Å². The van der Waals surface area contributed by atoms with Crippen LogP contribution in [0.2, 0.25) is 0 Å². The van der Waals surface area contributed by atoms with Crippen LogP contribution < -0.4 is 0 Å². The van der Waals surface area contributed by atoms with Gasteiger partial charge in [-0.15, -0.1) is 0 Å². The van der Waals surface area contributed by atoms with Crippen molar-refractivity contribution in [2.24, 2.45) is 11.8 Å². The van der Waals surface area contributed by atoms with E-state index in [-0.39, 0.29) is 29.1 Å². The van der Waals surface area contributed by atoms with Crippen molar-refractivity contribution >= 4 is 5.97 Å². The van der Waals surface area contributed by atoms with Crippen LogP contribution >= 0.6 is 0 Å². The Bertz CT molecular complexity index is 682. The van der Waals surface area contributed by atoms with Crippen LogP contribution in [0, 0.1) is 23.5 Å². The number of carbonyl (C=O) groups excluding carboxylic acids is 1. The molecule has 174 valence electrons. The third-order valence-corrected chi connectivity index (χ3v) is 7.24. The number of rotatable bonds is 9. The summed E-state index contributed by atoms with van der Waals surface area (Å²) in [7, 11) is 0. The first-order valence-corrected chi connectivity index (χ1v) is 12.2. The molecule has 0 spiro atoms. The molecule has 1 aromatic carbocycles. The molecule has 0 atom stereocenters. The molecule has 0 N–H and O–H groups in total. The summed E-state index contributed by atoms with van der Waals surface area (Å²) < 4.78 is 39.6. The van der Waals surface area contributed by atoms with E-state index in [4.69, 9.17) is 9.47 Å². The van der Waals surface area contributed by atoms with Crippen LogP contribution in [0.3, 0.4) is 0 Å². The summed E-state index contributed by atoms with van der Waals surface area (Å²) in [5.74, 6) is 0.791. The number of ether oxygens (including phenoxy) is 2. The van der Waals surface area contributed by atoms with Crippen molar-refractivity contribution < 1.29 is 23.0 Å². The van der Waals surface area contributed by atoms with E-state index in [2.05, 4.69) is 0 Å². The van der Waals surface area contributed by atoms with Crippen LogP contribution in [0.15, 0.2) is 12.1 Å². The highest BCUT2D eigenvalue weighted by atomic mass is 19.1. The molecule has 3 rings (SSSR count). The van der Waals surface area contributed by atoms with Crippen molar-refractivity contribution in [3.8, 4) is 0 Å². The van der Waals surface area contributed by atoms with Gasteiger partial charge in [0.15, 0.2) is 0 Å². The molecule has 3 nitrogen and oxygen atoms in total. The molecule has 0 bridgehead atoms. The number of halogens is 2. The second-order valence-corrected chi connectivity index (χ2v) is 9.43. The Balaban J connectivity index is 1.39. The first-order valence-electron chi connectivity index (χ1n) is 12.2. The SMILES string of the molecule is CCCc1c(F)cc(C2CCC(C3CCC(OCCCOC(C)=O)CC3)CC2)cc1F. The zero-order valence-corrected chi connectivity index (χ0v) is 19.1. The number of esters is 1. The summed E-state index contributed by atoms with van der Waals surface area (Å²) >= 11 is 0. The zero-order valence-electron chi connectivity index (χ0n) is 19.1. The largest absolute Gasteiger partial charge is 0.466 e. The lowest BCUT2D eigenvalue weighted by Gasteiger charge is -2.38. The maximum Gasteiger partial charge on any atom is 0.302 e. The Labute approximate surface area is 185 Å². The Morgan fingerprint density at radius 2 is 1.52 bits per heavy atom. The van der Waals surface area contributed by atoms with Crippen LogP contribution in [-0.2, 0) is 20.7 Å². The Morgan fingerprint density at radius 3 is 2.06 bits per heavy atom. The number of carbonyl (C=O) groups is 1. The molecule has 5 heteroatoms. The first kappa shape index (κ1) is 24.2. The number of hydrogen-bond acceptors (Lipinski definition) is 3. The average Bonchev–Trinajstić information content (AvgIpc) is 2.76. The quantitative estimate of drug-likeness (QED) is 0.318. The van der Waals surface area contributed by atoms with Crippen molar-refractivity contribution in [3.63, 3.8) is 0 Å². The minimum absolute atomic E-state index is 0.237. The van der Waals surface area contributed by atoms with Gasteiger partial charge in [0.05, 0.1) is 19.3 Å². The molecule has 2 aliphatic carbocycles. The Hall–Kier alpha value is -1.49. The second-order valence-electron chi connectivity index (χ2n) is 9.43. The van der Waals surface area contributed by atoms with Gasteiger partial charge in [0.25, 0.3) is 0 Å². The van der Waals surface area contributed by atoms with Crippen LogP contribution in [0.1, 0.15) is 95.1 Å². The van der Waals surface area contributed by atoms with Gasteiger partial charge in [-0.3, -0.25) is 4.79 Å². The fourth-order valence-corrected chi connectivity index (χ4v) is 5.52. The van der Waals surface area contributed by atoms with Crippen molar-refractivity contribution in [3.05, 3.63) is 34.9 Å². The minimum atomic E-state index is -0.370. The third-order valence-electron chi connectivity index (χ3n) is 7.24. The molecular formula is C26H38F2O3. The lowest BCUT2D eigenvalue weighted by molar-refractivity contribution is -0.141. The zero-order chi connectivity index (χ0) is 22.2. The summed E-state index contributed by atoms with van der Waals surface area (Å²) in [5, 5.41) is 0. The fraction of sp³-hybridized carbons (Fsp3) is 0.731. The van der Waals surface area contributed by atoms with Gasteiger partial charge in [0.2, 0.25) is 0 Å². The van der Waals surface area contributed by atoms with E-state index in [1.807, 2.05) is 6.92 Å². The van der Waals surface area contributed by atoms with Crippen LogP contribution in [0.5, 0.6) is 0 Å². The van der Waals surface area contributed by atoms with Crippen molar-refractivity contribution in [1.82, 2.24) is 0 Å². The van der Waals surface area contributed by atoms with Gasteiger partial charge in [-0.05, 0) is 93.2 Å². The van der Waals surface area contributed by atoms with Gasteiger partial charge in [-0.1, -0.05) is 13.3 Å². The fourth-order valence-electron chi connectivity index (χ4n) is 5.52. The molecule has 0 radical (unpaired) electrons. The number of benzene rings is 1. The molecule has 2 aliphatic rings. The Morgan fingerprint density at radius 1 is 0.935 bits per heavy atom. The maximum atomic E-state index is 14.4. The van der Waals surface area contributed by atoms with E-state index >= 15 is 0 Å². The van der Waals surface area contributed by atoms with E-state index in [0.717, 1.165) is 68.8 Å². The summed E-state index contributed by atoms with van der Waals surface area (Å²) in [6.45, 7) is 4.45. The number of hydrogen-bond donors (Lipinski definition) is 0. The predicted octanol–water partition coefficient (Wildman–Crippen LogP) is 6.72. The monoisotopic (exact) mass is 436 g/mol. The summed E-state index contributed by atoms with van der Waals surface area (Å²) in [6, 6.07) is 3.17. The molecule has 0 aliphatic heterocycles.